The Morgan fingerprint density at radius 3 is 2.56 bits per heavy atom. The van der Waals surface area contributed by atoms with Crippen LogP contribution in [-0.2, 0) is 11.2 Å². The van der Waals surface area contributed by atoms with Crippen LogP contribution in [-0.4, -0.2) is 33.2 Å². The highest BCUT2D eigenvalue weighted by molar-refractivity contribution is 6.07. The highest BCUT2D eigenvalue weighted by Gasteiger charge is 2.25. The summed E-state index contributed by atoms with van der Waals surface area (Å²) in [6, 6.07) is 9.75. The SMILES string of the molecule is Cc1cc(C(=O)N[C@@H](Cc2ccccc2)C(=O)O)c2c(C(C)C)noc2n1. The number of nitrogens with one attached hydrogen (secondary N) is 1. The van der Waals surface area contributed by atoms with Gasteiger partial charge in [-0.3, -0.25) is 4.79 Å². The molecule has 3 aromatic rings. The highest BCUT2D eigenvalue weighted by atomic mass is 16.5. The van der Waals surface area contributed by atoms with Gasteiger partial charge in [0.25, 0.3) is 11.6 Å². The topological polar surface area (TPSA) is 105 Å². The van der Waals surface area contributed by atoms with Crippen LogP contribution in [0.5, 0.6) is 0 Å². The Labute approximate surface area is 156 Å². The van der Waals surface area contributed by atoms with Crippen LogP contribution in [0, 0.1) is 6.92 Å². The molecule has 2 heterocycles. The van der Waals surface area contributed by atoms with E-state index < -0.39 is 17.9 Å². The molecule has 0 aliphatic rings. The number of nitrogens with zero attached hydrogens (tertiary/aromatic N) is 2. The number of hydrogen-bond donors (Lipinski definition) is 2. The Balaban J connectivity index is 1.94. The van der Waals surface area contributed by atoms with E-state index in [2.05, 4.69) is 15.5 Å². The molecule has 0 spiro atoms. The average Bonchev–Trinajstić information content (AvgIpc) is 3.05. The standard InChI is InChI=1S/C20H21N3O4/c1-11(2)17-16-14(9-12(3)21-19(16)27-23-17)18(24)22-15(20(25)26)10-13-7-5-4-6-8-13/h4-9,11,15H,10H2,1-3H3,(H,22,24)(H,25,26)/t15-/m0/s1. The van der Waals surface area contributed by atoms with Gasteiger partial charge in [-0.2, -0.15) is 0 Å². The number of carbonyl (C=O) groups excluding carboxylic acids is 1. The molecule has 0 saturated carbocycles. The second-order valence-electron chi connectivity index (χ2n) is 6.77. The summed E-state index contributed by atoms with van der Waals surface area (Å²) in [5.74, 6) is -1.55. The molecule has 27 heavy (non-hydrogen) atoms. The maximum Gasteiger partial charge on any atom is 0.326 e. The molecule has 1 aromatic carbocycles. The van der Waals surface area contributed by atoms with Gasteiger partial charge in [0, 0.05) is 12.1 Å². The third-order valence-electron chi connectivity index (χ3n) is 4.28. The van der Waals surface area contributed by atoms with Crippen molar-refractivity contribution in [3.8, 4) is 0 Å². The first-order chi connectivity index (χ1) is 12.9. The van der Waals surface area contributed by atoms with Gasteiger partial charge in [-0.15, -0.1) is 0 Å². The minimum absolute atomic E-state index is 0.0295. The fourth-order valence-corrected chi connectivity index (χ4v) is 2.96. The van der Waals surface area contributed by atoms with Gasteiger partial charge in [0.2, 0.25) is 0 Å². The van der Waals surface area contributed by atoms with Crippen LogP contribution < -0.4 is 5.32 Å². The van der Waals surface area contributed by atoms with E-state index in [1.54, 1.807) is 13.0 Å². The fourth-order valence-electron chi connectivity index (χ4n) is 2.96. The highest BCUT2D eigenvalue weighted by Crippen LogP contribution is 2.27. The number of rotatable bonds is 6. The molecule has 2 aromatic heterocycles. The van der Waals surface area contributed by atoms with Crippen molar-refractivity contribution in [3.63, 3.8) is 0 Å². The van der Waals surface area contributed by atoms with Gasteiger partial charge < -0.3 is 14.9 Å². The third kappa shape index (κ3) is 3.97. The van der Waals surface area contributed by atoms with E-state index >= 15 is 0 Å². The molecular formula is C20H21N3O4. The summed E-state index contributed by atoms with van der Waals surface area (Å²) < 4.78 is 5.27. The van der Waals surface area contributed by atoms with Crippen molar-refractivity contribution < 1.29 is 19.2 Å². The van der Waals surface area contributed by atoms with Crippen molar-refractivity contribution >= 4 is 23.0 Å². The average molecular weight is 367 g/mol. The van der Waals surface area contributed by atoms with E-state index in [0.29, 0.717) is 22.3 Å². The van der Waals surface area contributed by atoms with Gasteiger partial charge in [0.05, 0.1) is 16.6 Å². The maximum atomic E-state index is 12.9. The molecule has 0 aliphatic carbocycles. The largest absolute Gasteiger partial charge is 0.480 e. The molecule has 2 N–H and O–H groups in total. The summed E-state index contributed by atoms with van der Waals surface area (Å²) in [5, 5.41) is 16.7. The Hall–Kier alpha value is -3.22. The molecular weight excluding hydrogens is 346 g/mol. The van der Waals surface area contributed by atoms with Crippen molar-refractivity contribution in [2.75, 3.05) is 0 Å². The molecule has 1 atom stereocenters. The molecule has 3 rings (SSSR count). The molecule has 0 fully saturated rings. The van der Waals surface area contributed by atoms with Crippen molar-refractivity contribution in [2.24, 2.45) is 0 Å². The Morgan fingerprint density at radius 1 is 1.22 bits per heavy atom. The second kappa shape index (κ2) is 7.57. The number of pyridine rings is 1. The van der Waals surface area contributed by atoms with Crippen molar-refractivity contribution in [2.45, 2.75) is 39.2 Å². The molecule has 7 nitrogen and oxygen atoms in total. The fraction of sp³-hybridized carbons (Fsp3) is 0.300. The lowest BCUT2D eigenvalue weighted by Gasteiger charge is -2.15. The number of aliphatic carboxylic acids is 1. The first kappa shape index (κ1) is 18.6. The van der Waals surface area contributed by atoms with Gasteiger partial charge in [0.15, 0.2) is 0 Å². The first-order valence-electron chi connectivity index (χ1n) is 8.71. The van der Waals surface area contributed by atoms with E-state index in [-0.39, 0.29) is 18.1 Å². The molecule has 7 heteroatoms. The number of benzene rings is 1. The number of hydrogen-bond acceptors (Lipinski definition) is 5. The van der Waals surface area contributed by atoms with Crippen LogP contribution in [0.3, 0.4) is 0 Å². The molecule has 0 aliphatic heterocycles. The summed E-state index contributed by atoms with van der Waals surface area (Å²) in [4.78, 5) is 28.9. The molecule has 0 bridgehead atoms. The summed E-state index contributed by atoms with van der Waals surface area (Å²) in [7, 11) is 0. The molecule has 1 amide bonds. The van der Waals surface area contributed by atoms with E-state index in [1.807, 2.05) is 44.2 Å². The van der Waals surface area contributed by atoms with E-state index in [0.717, 1.165) is 5.56 Å². The summed E-state index contributed by atoms with van der Waals surface area (Å²) in [5.41, 5.74) is 2.64. The van der Waals surface area contributed by atoms with Crippen molar-refractivity contribution in [1.82, 2.24) is 15.5 Å². The number of fused-ring (bicyclic) bond motifs is 1. The summed E-state index contributed by atoms with van der Waals surface area (Å²) in [6.07, 6.45) is 0.190. The Morgan fingerprint density at radius 2 is 1.93 bits per heavy atom. The van der Waals surface area contributed by atoms with Crippen LogP contribution in [0.4, 0.5) is 0 Å². The van der Waals surface area contributed by atoms with Crippen molar-refractivity contribution in [1.29, 1.82) is 0 Å². The van der Waals surface area contributed by atoms with Gasteiger partial charge in [0.1, 0.15) is 6.04 Å². The van der Waals surface area contributed by atoms with Gasteiger partial charge in [-0.05, 0) is 24.5 Å². The zero-order chi connectivity index (χ0) is 19.6. The van der Waals surface area contributed by atoms with Crippen LogP contribution in [0.15, 0.2) is 40.9 Å². The molecule has 140 valence electrons. The number of carbonyl (C=O) groups is 2. The molecule has 0 saturated heterocycles. The van der Waals surface area contributed by atoms with Crippen LogP contribution in [0.25, 0.3) is 11.1 Å². The summed E-state index contributed by atoms with van der Waals surface area (Å²) in [6.45, 7) is 5.62. The Bertz CT molecular complexity index is 980. The van der Waals surface area contributed by atoms with Gasteiger partial charge in [-0.1, -0.05) is 49.3 Å². The number of aromatic nitrogens is 2. The normalized spacial score (nSPS) is 12.3. The van der Waals surface area contributed by atoms with E-state index in [4.69, 9.17) is 4.52 Å². The number of amides is 1. The molecule has 0 radical (unpaired) electrons. The first-order valence-corrected chi connectivity index (χ1v) is 8.71. The predicted octanol–water partition coefficient (Wildman–Crippen LogP) is 3.08. The lowest BCUT2D eigenvalue weighted by molar-refractivity contribution is -0.139. The third-order valence-corrected chi connectivity index (χ3v) is 4.28. The summed E-state index contributed by atoms with van der Waals surface area (Å²) >= 11 is 0. The zero-order valence-electron chi connectivity index (χ0n) is 15.4. The number of carboxylic acids is 1. The number of aryl methyl sites for hydroxylation is 1. The van der Waals surface area contributed by atoms with Crippen molar-refractivity contribution in [3.05, 3.63) is 58.9 Å². The number of carboxylic acid groups (broad SMARTS) is 1. The van der Waals surface area contributed by atoms with Gasteiger partial charge >= 0.3 is 5.97 Å². The smallest absolute Gasteiger partial charge is 0.326 e. The zero-order valence-corrected chi connectivity index (χ0v) is 15.4. The Kier molecular flexibility index (Phi) is 5.21. The van der Waals surface area contributed by atoms with E-state index in [1.165, 1.54) is 0 Å². The lowest BCUT2D eigenvalue weighted by Crippen LogP contribution is -2.42. The van der Waals surface area contributed by atoms with E-state index in [9.17, 15) is 14.7 Å². The van der Waals surface area contributed by atoms with Crippen LogP contribution in [0.2, 0.25) is 0 Å². The predicted molar refractivity (Wildman–Crippen MR) is 99.7 cm³/mol. The molecule has 0 unspecified atom stereocenters. The van der Waals surface area contributed by atoms with Crippen LogP contribution >= 0.6 is 0 Å². The van der Waals surface area contributed by atoms with Gasteiger partial charge in [-0.25, -0.2) is 9.78 Å². The minimum atomic E-state index is -1.09. The quantitative estimate of drug-likeness (QED) is 0.694. The monoisotopic (exact) mass is 367 g/mol. The second-order valence-corrected chi connectivity index (χ2v) is 6.77. The maximum absolute atomic E-state index is 12.9. The van der Waals surface area contributed by atoms with Crippen LogP contribution in [0.1, 0.15) is 47.1 Å². The lowest BCUT2D eigenvalue weighted by atomic mass is 10.0. The minimum Gasteiger partial charge on any atom is -0.480 e.